The minimum atomic E-state index is -3.98. The molecule has 0 radical (unpaired) electrons. The van der Waals surface area contributed by atoms with Crippen molar-refractivity contribution >= 4 is 32.3 Å². The van der Waals surface area contributed by atoms with Gasteiger partial charge in [-0.1, -0.05) is 24.3 Å². The molecule has 2 aromatic carbocycles. The van der Waals surface area contributed by atoms with Crippen LogP contribution in [0.4, 0.5) is 5.00 Å². The summed E-state index contributed by atoms with van der Waals surface area (Å²) in [6, 6.07) is 15.1. The number of methoxy groups -OCH3 is 1. The number of nitriles is 1. The Bertz CT molecular complexity index is 1420. The minimum Gasteiger partial charge on any atom is -0.497 e. The van der Waals surface area contributed by atoms with Crippen LogP contribution in [0.15, 0.2) is 53.4 Å². The number of aryl methyl sites for hydroxylation is 1. The van der Waals surface area contributed by atoms with Gasteiger partial charge in [-0.05, 0) is 73.1 Å². The molecule has 0 fully saturated rings. The largest absolute Gasteiger partial charge is 0.497 e. The molecule has 7 nitrogen and oxygen atoms in total. The van der Waals surface area contributed by atoms with Crippen molar-refractivity contribution < 1.29 is 17.9 Å². The molecule has 0 saturated heterocycles. The summed E-state index contributed by atoms with van der Waals surface area (Å²) in [7, 11) is -2.46. The molecule has 9 heteroatoms. The topological polar surface area (TPSA) is 99.5 Å². The number of nitrogens with zero attached hydrogens (tertiary/aromatic N) is 2. The lowest BCUT2D eigenvalue weighted by atomic mass is 9.95. The zero-order valence-electron chi connectivity index (χ0n) is 19.3. The molecule has 35 heavy (non-hydrogen) atoms. The molecule has 3 aromatic rings. The fourth-order valence-electron chi connectivity index (χ4n) is 4.83. The number of carbonyl (C=O) groups is 1. The van der Waals surface area contributed by atoms with Crippen LogP contribution in [0.5, 0.6) is 5.75 Å². The molecular formula is C26H25N3O4S2. The quantitative estimate of drug-likeness (QED) is 0.556. The van der Waals surface area contributed by atoms with Crippen LogP contribution in [0.3, 0.4) is 0 Å². The molecule has 1 atom stereocenters. The summed E-state index contributed by atoms with van der Waals surface area (Å²) in [5.74, 6) is 0.125. The lowest BCUT2D eigenvalue weighted by Gasteiger charge is -2.35. The van der Waals surface area contributed by atoms with Gasteiger partial charge in [0.05, 0.1) is 17.6 Å². The number of hydrogen-bond acceptors (Lipinski definition) is 6. The van der Waals surface area contributed by atoms with Crippen LogP contribution in [0.1, 0.15) is 40.0 Å². The van der Waals surface area contributed by atoms with Crippen LogP contribution >= 0.6 is 11.3 Å². The number of ether oxygens (including phenoxy) is 1. The van der Waals surface area contributed by atoms with Gasteiger partial charge in [-0.15, -0.1) is 11.3 Å². The molecule has 0 spiro atoms. The number of benzene rings is 2. The van der Waals surface area contributed by atoms with Gasteiger partial charge in [-0.3, -0.25) is 4.79 Å². The first-order valence-corrected chi connectivity index (χ1v) is 13.8. The molecular weight excluding hydrogens is 482 g/mol. The predicted octanol–water partition coefficient (Wildman–Crippen LogP) is 4.26. The second-order valence-corrected chi connectivity index (χ2v) is 11.7. The summed E-state index contributed by atoms with van der Waals surface area (Å²) in [6.07, 6.45) is 4.08. The Morgan fingerprint density at radius 3 is 2.54 bits per heavy atom. The van der Waals surface area contributed by atoms with E-state index >= 15 is 0 Å². The highest BCUT2D eigenvalue weighted by Gasteiger charge is 2.40. The van der Waals surface area contributed by atoms with E-state index in [0.717, 1.165) is 47.3 Å². The van der Waals surface area contributed by atoms with E-state index in [1.807, 2.05) is 24.3 Å². The van der Waals surface area contributed by atoms with Crippen molar-refractivity contribution in [2.45, 2.75) is 49.6 Å². The number of hydrogen-bond donors (Lipinski definition) is 1. The van der Waals surface area contributed by atoms with E-state index < -0.39 is 22.0 Å². The maximum absolute atomic E-state index is 13.7. The monoisotopic (exact) mass is 507 g/mol. The third-order valence-corrected chi connectivity index (χ3v) is 9.77. The summed E-state index contributed by atoms with van der Waals surface area (Å²) in [5, 5.41) is 13.2. The van der Waals surface area contributed by atoms with Gasteiger partial charge in [-0.2, -0.15) is 9.57 Å². The molecule has 180 valence electrons. The number of amides is 1. The molecule has 1 aromatic heterocycles. The first-order valence-electron chi connectivity index (χ1n) is 11.5. The predicted molar refractivity (Wildman–Crippen MR) is 134 cm³/mol. The Kier molecular flexibility index (Phi) is 6.36. The van der Waals surface area contributed by atoms with Gasteiger partial charge in [0, 0.05) is 11.4 Å². The molecule has 5 rings (SSSR count). The van der Waals surface area contributed by atoms with Crippen molar-refractivity contribution in [3.05, 3.63) is 75.7 Å². The van der Waals surface area contributed by atoms with Crippen molar-refractivity contribution in [2.75, 3.05) is 12.4 Å². The standard InChI is InChI=1S/C26H25N3O4S2/c1-33-19-10-12-20(13-11-19)35(31,32)29-16-18-7-3-2-6-17(18)14-23(29)25(30)28-26-22(15-27)21-8-4-5-9-24(21)34-26/h2-3,6-7,10-13,23H,4-5,8-9,14,16H2,1H3,(H,28,30)/t23-/m1/s1. The Balaban J connectivity index is 1.50. The molecule has 1 amide bonds. The lowest BCUT2D eigenvalue weighted by molar-refractivity contribution is -0.120. The highest BCUT2D eigenvalue weighted by molar-refractivity contribution is 7.89. The van der Waals surface area contributed by atoms with Gasteiger partial charge in [0.1, 0.15) is 22.9 Å². The van der Waals surface area contributed by atoms with E-state index in [4.69, 9.17) is 4.74 Å². The number of anilines is 1. The molecule has 1 N–H and O–H groups in total. The maximum Gasteiger partial charge on any atom is 0.244 e. The zero-order chi connectivity index (χ0) is 24.6. The lowest BCUT2D eigenvalue weighted by Crippen LogP contribution is -2.50. The molecule has 0 bridgehead atoms. The van der Waals surface area contributed by atoms with E-state index in [2.05, 4.69) is 11.4 Å². The number of nitrogens with one attached hydrogen (secondary N) is 1. The highest BCUT2D eigenvalue weighted by Crippen LogP contribution is 2.38. The van der Waals surface area contributed by atoms with Crippen molar-refractivity contribution in [1.82, 2.24) is 4.31 Å². The first-order chi connectivity index (χ1) is 16.9. The molecule has 2 aliphatic rings. The Morgan fingerprint density at radius 2 is 1.83 bits per heavy atom. The Labute approximate surface area is 209 Å². The van der Waals surface area contributed by atoms with Crippen LogP contribution < -0.4 is 10.1 Å². The highest BCUT2D eigenvalue weighted by atomic mass is 32.2. The molecule has 0 saturated carbocycles. The summed E-state index contributed by atoms with van der Waals surface area (Å²) >= 11 is 1.44. The molecule has 0 unspecified atom stereocenters. The van der Waals surface area contributed by atoms with Crippen molar-refractivity contribution in [3.63, 3.8) is 0 Å². The van der Waals surface area contributed by atoms with Gasteiger partial charge in [-0.25, -0.2) is 8.42 Å². The number of thiophene rings is 1. The average Bonchev–Trinajstić information content (AvgIpc) is 3.24. The van der Waals surface area contributed by atoms with E-state index in [0.29, 0.717) is 16.3 Å². The summed E-state index contributed by atoms with van der Waals surface area (Å²) < 4.78 is 33.8. The normalized spacial score (nSPS) is 17.7. The fourth-order valence-corrected chi connectivity index (χ4v) is 7.63. The smallest absolute Gasteiger partial charge is 0.244 e. The van der Waals surface area contributed by atoms with Crippen LogP contribution in [-0.2, 0) is 40.6 Å². The van der Waals surface area contributed by atoms with Gasteiger partial charge < -0.3 is 10.1 Å². The summed E-state index contributed by atoms with van der Waals surface area (Å²) in [5.41, 5.74) is 3.35. The first kappa shape index (κ1) is 23.5. The Morgan fingerprint density at radius 1 is 1.11 bits per heavy atom. The van der Waals surface area contributed by atoms with E-state index in [1.54, 1.807) is 12.1 Å². The molecule has 1 aliphatic carbocycles. The number of carbonyl (C=O) groups excluding carboxylic acids is 1. The number of rotatable bonds is 5. The third kappa shape index (κ3) is 4.33. The summed E-state index contributed by atoms with van der Waals surface area (Å²) in [4.78, 5) is 14.8. The van der Waals surface area contributed by atoms with Crippen LogP contribution in [0.2, 0.25) is 0 Å². The van der Waals surface area contributed by atoms with E-state index in [9.17, 15) is 18.5 Å². The van der Waals surface area contributed by atoms with Crippen molar-refractivity contribution in [1.29, 1.82) is 5.26 Å². The second kappa shape index (κ2) is 9.46. The number of sulfonamides is 1. The van der Waals surface area contributed by atoms with Crippen molar-refractivity contribution in [3.8, 4) is 11.8 Å². The van der Waals surface area contributed by atoms with Gasteiger partial charge in [0.2, 0.25) is 15.9 Å². The van der Waals surface area contributed by atoms with Crippen molar-refractivity contribution in [2.24, 2.45) is 0 Å². The van der Waals surface area contributed by atoms with Crippen LogP contribution in [0.25, 0.3) is 0 Å². The second-order valence-electron chi connectivity index (χ2n) is 8.73. The maximum atomic E-state index is 13.7. The minimum absolute atomic E-state index is 0.0919. The SMILES string of the molecule is COc1ccc(S(=O)(=O)N2Cc3ccccc3C[C@@H]2C(=O)Nc2sc3c(c2C#N)CCCC3)cc1. The Hall–Kier alpha value is -3.19. The molecule has 1 aliphatic heterocycles. The third-order valence-electron chi connectivity index (χ3n) is 6.69. The molecule has 2 heterocycles. The number of fused-ring (bicyclic) bond motifs is 2. The average molecular weight is 508 g/mol. The van der Waals surface area contributed by atoms with E-state index in [-0.39, 0.29) is 17.9 Å². The fraction of sp³-hybridized carbons (Fsp3) is 0.308. The van der Waals surface area contributed by atoms with Gasteiger partial charge in [0.15, 0.2) is 0 Å². The summed E-state index contributed by atoms with van der Waals surface area (Å²) in [6.45, 7) is 0.0919. The van der Waals surface area contributed by atoms with Crippen LogP contribution in [0, 0.1) is 11.3 Å². The van der Waals surface area contributed by atoms with Gasteiger partial charge >= 0.3 is 0 Å². The van der Waals surface area contributed by atoms with Gasteiger partial charge in [0.25, 0.3) is 0 Å². The zero-order valence-corrected chi connectivity index (χ0v) is 20.9. The van der Waals surface area contributed by atoms with E-state index in [1.165, 1.54) is 34.9 Å². The van der Waals surface area contributed by atoms with Crippen LogP contribution in [-0.4, -0.2) is 31.8 Å².